The fraction of sp³-hybridized carbons (Fsp3) is 0.438. The van der Waals surface area contributed by atoms with Crippen LogP contribution in [0.15, 0.2) is 18.2 Å². The van der Waals surface area contributed by atoms with Crippen LogP contribution in [0.5, 0.6) is 0 Å². The molecule has 0 atom stereocenters. The lowest BCUT2D eigenvalue weighted by Crippen LogP contribution is -2.45. The molecule has 0 bridgehead atoms. The number of nitrogens with one attached hydrogen (secondary N) is 3. The molecule has 0 radical (unpaired) electrons. The maximum Gasteiger partial charge on any atom is 0.405 e. The van der Waals surface area contributed by atoms with E-state index in [4.69, 9.17) is 11.6 Å². The number of anilines is 1. The second-order valence-corrected chi connectivity index (χ2v) is 6.33. The van der Waals surface area contributed by atoms with Crippen LogP contribution >= 0.6 is 11.6 Å². The summed E-state index contributed by atoms with van der Waals surface area (Å²) in [5, 5.41) is 6.31. The zero-order chi connectivity index (χ0) is 20.0. The second-order valence-electron chi connectivity index (χ2n) is 5.89. The summed E-state index contributed by atoms with van der Waals surface area (Å²) in [6.07, 6.45) is -2.75. The third-order valence-electron chi connectivity index (χ3n) is 3.75. The molecule has 1 aromatic rings. The molecule has 148 valence electrons. The Bertz CT molecular complexity index is 721. The SMILES string of the molecule is O=C(CNc1cc(Cl)ccc1C(=O)N1CCCC1)NC(=O)NCC(F)(F)F. The van der Waals surface area contributed by atoms with Crippen LogP contribution in [0.25, 0.3) is 0 Å². The third-order valence-corrected chi connectivity index (χ3v) is 3.98. The number of benzene rings is 1. The topological polar surface area (TPSA) is 90.5 Å². The summed E-state index contributed by atoms with van der Waals surface area (Å²) < 4.78 is 36.1. The molecule has 0 saturated carbocycles. The van der Waals surface area contributed by atoms with Crippen LogP contribution in [-0.4, -0.2) is 55.1 Å². The normalized spacial score (nSPS) is 14.0. The van der Waals surface area contributed by atoms with Crippen molar-refractivity contribution in [2.24, 2.45) is 0 Å². The van der Waals surface area contributed by atoms with Gasteiger partial charge in [-0.25, -0.2) is 4.79 Å². The molecule has 4 amide bonds. The van der Waals surface area contributed by atoms with Crippen LogP contribution in [0.2, 0.25) is 5.02 Å². The minimum atomic E-state index is -4.58. The quantitative estimate of drug-likeness (QED) is 0.700. The summed E-state index contributed by atoms with van der Waals surface area (Å²) in [4.78, 5) is 37.2. The maximum absolute atomic E-state index is 12.6. The van der Waals surface area contributed by atoms with Crippen LogP contribution < -0.4 is 16.0 Å². The Balaban J connectivity index is 1.94. The maximum atomic E-state index is 12.6. The number of halogens is 4. The first-order chi connectivity index (χ1) is 12.7. The van der Waals surface area contributed by atoms with Gasteiger partial charge in [0.15, 0.2) is 0 Å². The van der Waals surface area contributed by atoms with E-state index in [1.807, 2.05) is 0 Å². The van der Waals surface area contributed by atoms with Crippen molar-refractivity contribution in [3.8, 4) is 0 Å². The van der Waals surface area contributed by atoms with Gasteiger partial charge in [0.1, 0.15) is 6.54 Å². The Morgan fingerprint density at radius 2 is 1.81 bits per heavy atom. The number of amides is 4. The fourth-order valence-corrected chi connectivity index (χ4v) is 2.68. The number of hydrogen-bond donors (Lipinski definition) is 3. The molecule has 3 N–H and O–H groups in total. The van der Waals surface area contributed by atoms with Gasteiger partial charge in [0.05, 0.1) is 12.1 Å². The molecule has 1 heterocycles. The van der Waals surface area contributed by atoms with E-state index < -0.39 is 31.2 Å². The minimum absolute atomic E-state index is 0.213. The van der Waals surface area contributed by atoms with E-state index >= 15 is 0 Å². The third kappa shape index (κ3) is 6.63. The number of carbonyl (C=O) groups is 3. The number of likely N-dealkylation sites (tertiary alicyclic amines) is 1. The second kappa shape index (κ2) is 8.94. The van der Waals surface area contributed by atoms with Crippen molar-refractivity contribution in [3.05, 3.63) is 28.8 Å². The molecule has 2 rings (SSSR count). The van der Waals surface area contributed by atoms with Crippen LogP contribution in [0, 0.1) is 0 Å². The molecular formula is C16H18ClF3N4O3. The van der Waals surface area contributed by atoms with Gasteiger partial charge >= 0.3 is 12.2 Å². The number of rotatable bonds is 5. The van der Waals surface area contributed by atoms with Crippen molar-refractivity contribution in [1.82, 2.24) is 15.5 Å². The van der Waals surface area contributed by atoms with Gasteiger partial charge in [0.25, 0.3) is 5.91 Å². The highest BCUT2D eigenvalue weighted by Gasteiger charge is 2.28. The van der Waals surface area contributed by atoms with Crippen LogP contribution in [0.1, 0.15) is 23.2 Å². The van der Waals surface area contributed by atoms with E-state index in [0.717, 1.165) is 12.8 Å². The first-order valence-corrected chi connectivity index (χ1v) is 8.50. The van der Waals surface area contributed by atoms with Crippen LogP contribution in [-0.2, 0) is 4.79 Å². The molecular weight excluding hydrogens is 389 g/mol. The molecule has 1 aliphatic rings. The molecule has 1 aromatic carbocycles. The summed E-state index contributed by atoms with van der Waals surface area (Å²) in [7, 11) is 0. The first kappa shape index (κ1) is 20.8. The van der Waals surface area contributed by atoms with Gasteiger partial charge in [-0.1, -0.05) is 11.6 Å². The predicted molar refractivity (Wildman–Crippen MR) is 92.7 cm³/mol. The Morgan fingerprint density at radius 3 is 2.44 bits per heavy atom. The smallest absolute Gasteiger partial charge is 0.375 e. The summed E-state index contributed by atoms with van der Waals surface area (Å²) in [5.41, 5.74) is 0.612. The Hall–Kier alpha value is -2.49. The van der Waals surface area contributed by atoms with Crippen LogP contribution in [0.3, 0.4) is 0 Å². The van der Waals surface area contributed by atoms with E-state index in [1.54, 1.807) is 16.3 Å². The van der Waals surface area contributed by atoms with E-state index in [0.29, 0.717) is 29.4 Å². The van der Waals surface area contributed by atoms with Gasteiger partial charge in [0, 0.05) is 23.8 Å². The molecule has 1 saturated heterocycles. The minimum Gasteiger partial charge on any atom is -0.375 e. The molecule has 0 spiro atoms. The Morgan fingerprint density at radius 1 is 1.15 bits per heavy atom. The van der Waals surface area contributed by atoms with Crippen molar-refractivity contribution < 1.29 is 27.6 Å². The molecule has 0 unspecified atom stereocenters. The lowest BCUT2D eigenvalue weighted by atomic mass is 10.1. The van der Waals surface area contributed by atoms with Gasteiger partial charge in [-0.05, 0) is 31.0 Å². The van der Waals surface area contributed by atoms with E-state index in [2.05, 4.69) is 5.32 Å². The fourth-order valence-electron chi connectivity index (χ4n) is 2.51. The standard InChI is InChI=1S/C16H18ClF3N4O3/c17-10-3-4-11(14(26)24-5-1-2-6-24)12(7-10)21-8-13(25)23-15(27)22-9-16(18,19)20/h3-4,7,21H,1-2,5-6,8-9H2,(H2,22,23,25,27). The van der Waals surface area contributed by atoms with Crippen molar-refractivity contribution in [2.75, 3.05) is 31.5 Å². The van der Waals surface area contributed by atoms with Gasteiger partial charge in [-0.3, -0.25) is 14.9 Å². The zero-order valence-corrected chi connectivity index (χ0v) is 14.9. The molecule has 1 aliphatic heterocycles. The molecule has 27 heavy (non-hydrogen) atoms. The number of carbonyl (C=O) groups excluding carboxylic acids is 3. The van der Waals surface area contributed by atoms with E-state index in [-0.39, 0.29) is 5.91 Å². The zero-order valence-electron chi connectivity index (χ0n) is 14.2. The Labute approximate surface area is 158 Å². The molecule has 0 aromatic heterocycles. The lowest BCUT2D eigenvalue weighted by molar-refractivity contribution is -0.124. The highest BCUT2D eigenvalue weighted by atomic mass is 35.5. The molecule has 11 heteroatoms. The van der Waals surface area contributed by atoms with Gasteiger partial charge in [0.2, 0.25) is 5.91 Å². The van der Waals surface area contributed by atoms with Crippen molar-refractivity contribution in [3.63, 3.8) is 0 Å². The summed E-state index contributed by atoms with van der Waals surface area (Å²) in [6, 6.07) is 3.26. The van der Waals surface area contributed by atoms with E-state index in [9.17, 15) is 27.6 Å². The highest BCUT2D eigenvalue weighted by molar-refractivity contribution is 6.31. The number of hydrogen-bond acceptors (Lipinski definition) is 4. The first-order valence-electron chi connectivity index (χ1n) is 8.13. The van der Waals surface area contributed by atoms with Gasteiger partial charge in [-0.15, -0.1) is 0 Å². The predicted octanol–water partition coefficient (Wildman–Crippen LogP) is 2.38. The number of nitrogens with zero attached hydrogens (tertiary/aromatic N) is 1. The van der Waals surface area contributed by atoms with Gasteiger partial charge < -0.3 is 15.5 Å². The molecule has 7 nitrogen and oxygen atoms in total. The summed E-state index contributed by atoms with van der Waals surface area (Å²) >= 11 is 5.93. The number of urea groups is 1. The number of imide groups is 1. The Kier molecular flexibility index (Phi) is 6.89. The van der Waals surface area contributed by atoms with Gasteiger partial charge in [-0.2, -0.15) is 13.2 Å². The van der Waals surface area contributed by atoms with Crippen molar-refractivity contribution >= 4 is 35.1 Å². The summed E-state index contributed by atoms with van der Waals surface area (Å²) in [6.45, 7) is -0.704. The largest absolute Gasteiger partial charge is 0.405 e. The van der Waals surface area contributed by atoms with Crippen molar-refractivity contribution in [1.29, 1.82) is 0 Å². The van der Waals surface area contributed by atoms with Crippen LogP contribution in [0.4, 0.5) is 23.7 Å². The average Bonchev–Trinajstić information content (AvgIpc) is 3.12. The summed E-state index contributed by atoms with van der Waals surface area (Å²) in [5.74, 6) is -1.08. The average molecular weight is 407 g/mol. The van der Waals surface area contributed by atoms with E-state index in [1.165, 1.54) is 17.4 Å². The van der Waals surface area contributed by atoms with Crippen molar-refractivity contribution in [2.45, 2.75) is 19.0 Å². The lowest BCUT2D eigenvalue weighted by Gasteiger charge is -2.18. The monoisotopic (exact) mass is 406 g/mol. The molecule has 0 aliphatic carbocycles. The molecule has 1 fully saturated rings. The number of alkyl halides is 3. The highest BCUT2D eigenvalue weighted by Crippen LogP contribution is 2.24.